The Hall–Kier alpha value is -3.88. The van der Waals surface area contributed by atoms with Crippen LogP contribution in [-0.4, -0.2) is 48.8 Å². The van der Waals surface area contributed by atoms with Crippen LogP contribution in [0.25, 0.3) is 11.4 Å². The highest BCUT2D eigenvalue weighted by Gasteiger charge is 2.15. The van der Waals surface area contributed by atoms with Crippen molar-refractivity contribution in [3.8, 4) is 22.9 Å². The fourth-order valence-corrected chi connectivity index (χ4v) is 2.46. The first-order valence-electron chi connectivity index (χ1n) is 9.27. The number of hydrogen-bond acceptors (Lipinski definition) is 7. The summed E-state index contributed by atoms with van der Waals surface area (Å²) >= 11 is 0. The number of nitrogens with one attached hydrogen (secondary N) is 2. The van der Waals surface area contributed by atoms with Crippen LogP contribution in [0, 0.1) is 6.92 Å². The van der Waals surface area contributed by atoms with Crippen molar-refractivity contribution < 1.29 is 23.6 Å². The molecule has 2 amide bonds. The van der Waals surface area contributed by atoms with Gasteiger partial charge in [-0.05, 0) is 31.2 Å². The number of nitrogens with zero attached hydrogens (tertiary/aromatic N) is 2. The van der Waals surface area contributed by atoms with Crippen molar-refractivity contribution in [3.63, 3.8) is 0 Å². The van der Waals surface area contributed by atoms with E-state index in [-0.39, 0.29) is 31.5 Å². The Morgan fingerprint density at radius 3 is 2.33 bits per heavy atom. The molecule has 0 fully saturated rings. The van der Waals surface area contributed by atoms with Gasteiger partial charge in [0.05, 0.1) is 7.11 Å². The van der Waals surface area contributed by atoms with Gasteiger partial charge in [0.25, 0.3) is 5.91 Å². The van der Waals surface area contributed by atoms with E-state index in [2.05, 4.69) is 20.8 Å². The second-order valence-electron chi connectivity index (χ2n) is 6.36. The molecule has 0 unspecified atom stereocenters. The lowest BCUT2D eigenvalue weighted by molar-refractivity contribution is -0.123. The minimum absolute atomic E-state index is 0.135. The van der Waals surface area contributed by atoms with E-state index in [9.17, 15) is 9.59 Å². The molecule has 0 radical (unpaired) electrons. The molecule has 0 saturated heterocycles. The Morgan fingerprint density at radius 2 is 1.63 bits per heavy atom. The third-order valence-corrected chi connectivity index (χ3v) is 4.09. The zero-order valence-electron chi connectivity index (χ0n) is 16.7. The van der Waals surface area contributed by atoms with Crippen LogP contribution >= 0.6 is 0 Å². The molecule has 3 rings (SSSR count). The maximum Gasteiger partial charge on any atom is 0.316 e. The number of hydrogen-bond donors (Lipinski definition) is 2. The number of methoxy groups -OCH3 is 1. The molecule has 9 heteroatoms. The summed E-state index contributed by atoms with van der Waals surface area (Å²) in [5.41, 5.74) is 1.86. The molecule has 0 aliphatic carbocycles. The maximum atomic E-state index is 12.1. The van der Waals surface area contributed by atoms with E-state index < -0.39 is 5.91 Å². The van der Waals surface area contributed by atoms with Crippen LogP contribution in [0.3, 0.4) is 0 Å². The summed E-state index contributed by atoms with van der Waals surface area (Å²) in [6.07, 6.45) is 0. The summed E-state index contributed by atoms with van der Waals surface area (Å²) in [6.45, 7) is 2.28. The smallest absolute Gasteiger partial charge is 0.316 e. The van der Waals surface area contributed by atoms with Gasteiger partial charge in [0.2, 0.25) is 5.82 Å². The van der Waals surface area contributed by atoms with Crippen molar-refractivity contribution in [3.05, 3.63) is 60.0 Å². The second-order valence-corrected chi connectivity index (χ2v) is 6.36. The Balaban J connectivity index is 1.37. The molecule has 0 aliphatic heterocycles. The van der Waals surface area contributed by atoms with Gasteiger partial charge in [-0.3, -0.25) is 9.59 Å². The van der Waals surface area contributed by atoms with E-state index >= 15 is 0 Å². The van der Waals surface area contributed by atoms with Gasteiger partial charge < -0.3 is 24.6 Å². The van der Waals surface area contributed by atoms with E-state index in [1.165, 1.54) is 0 Å². The highest BCUT2D eigenvalue weighted by atomic mass is 16.5. The highest BCUT2D eigenvalue weighted by Crippen LogP contribution is 2.17. The second kappa shape index (κ2) is 10.1. The normalized spacial score (nSPS) is 10.3. The molecule has 0 aliphatic rings. The summed E-state index contributed by atoms with van der Waals surface area (Å²) in [7, 11) is 1.57. The number of benzene rings is 2. The lowest BCUT2D eigenvalue weighted by Gasteiger charge is -2.08. The zero-order valence-corrected chi connectivity index (χ0v) is 16.7. The lowest BCUT2D eigenvalue weighted by Crippen LogP contribution is -2.36. The van der Waals surface area contributed by atoms with E-state index in [1.54, 1.807) is 31.4 Å². The maximum absolute atomic E-state index is 12.1. The van der Waals surface area contributed by atoms with Crippen LogP contribution < -0.4 is 20.1 Å². The number of rotatable bonds is 9. The molecular weight excluding hydrogens is 388 g/mol. The van der Waals surface area contributed by atoms with Gasteiger partial charge in [-0.2, -0.15) is 4.98 Å². The van der Waals surface area contributed by atoms with E-state index in [0.717, 1.165) is 11.1 Å². The molecule has 2 aromatic carbocycles. The highest BCUT2D eigenvalue weighted by molar-refractivity contribution is 5.89. The number of amides is 2. The molecule has 9 nitrogen and oxygen atoms in total. The van der Waals surface area contributed by atoms with Gasteiger partial charge in [-0.1, -0.05) is 35.0 Å². The molecular formula is C21H22N4O5. The molecule has 3 aromatic rings. The topological polar surface area (TPSA) is 116 Å². The molecule has 0 atom stereocenters. The summed E-state index contributed by atoms with van der Waals surface area (Å²) in [5, 5.41) is 9.08. The minimum atomic E-state index is -0.510. The van der Waals surface area contributed by atoms with Crippen LogP contribution in [0.2, 0.25) is 0 Å². The number of ether oxygens (including phenoxy) is 2. The fraction of sp³-hybridized carbons (Fsp3) is 0.238. The van der Waals surface area contributed by atoms with Crippen LogP contribution in [0.5, 0.6) is 11.5 Å². The molecule has 0 saturated carbocycles. The number of carbonyl (C=O) groups excluding carboxylic acids is 2. The lowest BCUT2D eigenvalue weighted by atomic mass is 10.1. The quantitative estimate of drug-likeness (QED) is 0.518. The Bertz CT molecular complexity index is 983. The third kappa shape index (κ3) is 5.81. The Morgan fingerprint density at radius 1 is 0.967 bits per heavy atom. The number of aromatic nitrogens is 2. The molecule has 0 spiro atoms. The van der Waals surface area contributed by atoms with Gasteiger partial charge in [-0.15, -0.1) is 0 Å². The Kier molecular flexibility index (Phi) is 6.99. The minimum Gasteiger partial charge on any atom is -0.497 e. The SMILES string of the molecule is COc1ccc(OCC(=O)NCCNC(=O)c2nc(-c3ccc(C)cc3)no2)cc1. The van der Waals surface area contributed by atoms with E-state index in [4.69, 9.17) is 14.0 Å². The largest absolute Gasteiger partial charge is 0.497 e. The molecule has 0 bridgehead atoms. The molecule has 1 aromatic heterocycles. The number of aryl methyl sites for hydroxylation is 1. The van der Waals surface area contributed by atoms with Crippen molar-refractivity contribution in [1.82, 2.24) is 20.8 Å². The first-order valence-corrected chi connectivity index (χ1v) is 9.27. The van der Waals surface area contributed by atoms with Crippen molar-refractivity contribution in [1.29, 1.82) is 0 Å². The predicted octanol–water partition coefficient (Wildman–Crippen LogP) is 1.98. The fourth-order valence-electron chi connectivity index (χ4n) is 2.46. The number of carbonyl (C=O) groups is 2. The van der Waals surface area contributed by atoms with Crippen molar-refractivity contribution in [2.45, 2.75) is 6.92 Å². The van der Waals surface area contributed by atoms with E-state index in [1.807, 2.05) is 31.2 Å². The first kappa shape index (κ1) is 20.8. The molecule has 1 heterocycles. The molecule has 156 valence electrons. The third-order valence-electron chi connectivity index (χ3n) is 4.09. The summed E-state index contributed by atoms with van der Waals surface area (Å²) in [6, 6.07) is 14.5. The average molecular weight is 410 g/mol. The van der Waals surface area contributed by atoms with Crippen molar-refractivity contribution in [2.75, 3.05) is 26.8 Å². The van der Waals surface area contributed by atoms with Crippen LogP contribution in [0.4, 0.5) is 0 Å². The monoisotopic (exact) mass is 410 g/mol. The van der Waals surface area contributed by atoms with Crippen molar-refractivity contribution in [2.24, 2.45) is 0 Å². The Labute approximate surface area is 173 Å². The summed E-state index contributed by atoms with van der Waals surface area (Å²) in [4.78, 5) is 28.0. The summed E-state index contributed by atoms with van der Waals surface area (Å²) < 4.78 is 15.4. The zero-order chi connectivity index (χ0) is 21.3. The standard InChI is InChI=1S/C21H22N4O5/c1-14-3-5-15(6-4-14)19-24-21(30-25-19)20(27)23-12-11-22-18(26)13-29-17-9-7-16(28-2)8-10-17/h3-10H,11-13H2,1-2H3,(H,22,26)(H,23,27). The van der Waals surface area contributed by atoms with E-state index in [0.29, 0.717) is 17.3 Å². The first-order chi connectivity index (χ1) is 14.5. The van der Waals surface area contributed by atoms with Crippen LogP contribution in [0.15, 0.2) is 53.1 Å². The van der Waals surface area contributed by atoms with Gasteiger partial charge in [-0.25, -0.2) is 0 Å². The predicted molar refractivity (Wildman–Crippen MR) is 108 cm³/mol. The van der Waals surface area contributed by atoms with Crippen LogP contribution in [0.1, 0.15) is 16.2 Å². The van der Waals surface area contributed by atoms with Gasteiger partial charge >= 0.3 is 11.8 Å². The average Bonchev–Trinajstić information content (AvgIpc) is 3.26. The van der Waals surface area contributed by atoms with Crippen LogP contribution in [-0.2, 0) is 4.79 Å². The van der Waals surface area contributed by atoms with Gasteiger partial charge in [0.15, 0.2) is 6.61 Å². The molecule has 2 N–H and O–H groups in total. The van der Waals surface area contributed by atoms with Gasteiger partial charge in [0, 0.05) is 18.7 Å². The molecule has 30 heavy (non-hydrogen) atoms. The summed E-state index contributed by atoms with van der Waals surface area (Å²) in [5.74, 6) is 0.641. The van der Waals surface area contributed by atoms with Gasteiger partial charge in [0.1, 0.15) is 11.5 Å². The van der Waals surface area contributed by atoms with Crippen molar-refractivity contribution >= 4 is 11.8 Å².